The van der Waals surface area contributed by atoms with Gasteiger partial charge in [0.05, 0.1) is 12.1 Å². The number of aromatic nitrogens is 2. The number of carbonyl (C=O) groups is 4. The number of nitrogens with zero attached hydrogens (tertiary/aromatic N) is 4. The first kappa shape index (κ1) is 45.2. The van der Waals surface area contributed by atoms with Crippen LogP contribution < -0.4 is 21.8 Å². The quantitative estimate of drug-likeness (QED) is 0.275. The van der Waals surface area contributed by atoms with E-state index in [4.69, 9.17) is 0 Å². The van der Waals surface area contributed by atoms with Crippen LogP contribution in [0.15, 0.2) is 46.0 Å². The molecule has 0 spiro atoms. The van der Waals surface area contributed by atoms with Gasteiger partial charge in [-0.25, -0.2) is 0 Å². The predicted octanol–water partition coefficient (Wildman–Crippen LogP) is 4.18. The van der Waals surface area contributed by atoms with Gasteiger partial charge in [-0.1, -0.05) is 62.8 Å². The number of fused-ring (bicyclic) bond motifs is 6. The summed E-state index contributed by atoms with van der Waals surface area (Å²) in [5.41, 5.74) is 2.51. The monoisotopic (exact) mass is 854 g/mol. The van der Waals surface area contributed by atoms with Crippen LogP contribution in [0.2, 0.25) is 0 Å². The van der Waals surface area contributed by atoms with Crippen LogP contribution in [0.3, 0.4) is 0 Å². The molecular formula is C48H66N6O8. The second-order valence-corrected chi connectivity index (χ2v) is 18.4. The van der Waals surface area contributed by atoms with E-state index in [2.05, 4.69) is 10.6 Å². The van der Waals surface area contributed by atoms with Crippen molar-refractivity contribution in [2.45, 2.75) is 129 Å². The Hall–Kier alpha value is -4.82. The van der Waals surface area contributed by atoms with Crippen molar-refractivity contribution >= 4 is 35.8 Å². The molecule has 2 saturated carbocycles. The molecule has 2 aromatic heterocycles. The highest BCUT2D eigenvalue weighted by Crippen LogP contribution is 2.50. The Balaban J connectivity index is 0.000000186. The third-order valence-electron chi connectivity index (χ3n) is 14.7. The molecule has 4 N–H and O–H groups in total. The average molecular weight is 855 g/mol. The van der Waals surface area contributed by atoms with Crippen LogP contribution in [-0.4, -0.2) is 91.2 Å². The van der Waals surface area contributed by atoms with Crippen LogP contribution in [0.1, 0.15) is 127 Å². The molecule has 0 radical (unpaired) electrons. The van der Waals surface area contributed by atoms with Gasteiger partial charge in [-0.3, -0.25) is 28.8 Å². The van der Waals surface area contributed by atoms with Gasteiger partial charge in [0.15, 0.2) is 0 Å². The van der Waals surface area contributed by atoms with Crippen molar-refractivity contribution in [1.82, 2.24) is 29.6 Å². The van der Waals surface area contributed by atoms with E-state index in [1.54, 1.807) is 43.2 Å². The maximum atomic E-state index is 13.2. The average Bonchev–Trinajstić information content (AvgIpc) is 4.02. The van der Waals surface area contributed by atoms with E-state index in [9.17, 15) is 39.0 Å². The number of aliphatic hydroxyl groups is 2. The smallest absolute Gasteiger partial charge is 0.258 e. The fourth-order valence-electron chi connectivity index (χ4n) is 11.8. The van der Waals surface area contributed by atoms with E-state index in [1.165, 1.54) is 52.4 Å². The van der Waals surface area contributed by atoms with Crippen molar-refractivity contribution in [3.05, 3.63) is 79.6 Å². The number of pyridine rings is 2. The molecule has 2 aromatic rings. The second kappa shape index (κ2) is 19.7. The topological polar surface area (TPSA) is 183 Å². The molecule has 2 aliphatic carbocycles. The summed E-state index contributed by atoms with van der Waals surface area (Å²) < 4.78 is 3.42. The predicted molar refractivity (Wildman–Crippen MR) is 236 cm³/mol. The Bertz CT molecular complexity index is 2010. The summed E-state index contributed by atoms with van der Waals surface area (Å²) in [5.74, 6) is -0.926. The summed E-state index contributed by atoms with van der Waals surface area (Å²) >= 11 is 0. The number of hydrogen-bond donors (Lipinski definition) is 4. The van der Waals surface area contributed by atoms with Crippen molar-refractivity contribution in [2.24, 2.45) is 35.5 Å². The molecule has 4 amide bonds. The van der Waals surface area contributed by atoms with E-state index in [0.717, 1.165) is 37.1 Å². The maximum Gasteiger partial charge on any atom is 0.258 e. The lowest BCUT2D eigenvalue weighted by Crippen LogP contribution is -2.50. The highest BCUT2D eigenvalue weighted by molar-refractivity contribution is 5.89. The Kier molecular flexibility index (Phi) is 14.4. The zero-order chi connectivity index (χ0) is 44.2. The number of likely N-dealkylation sites (tertiary alicyclic amines) is 2. The number of rotatable bonds is 10. The minimum Gasteiger partial charge on any atom is -0.396 e. The Labute approximate surface area is 364 Å². The van der Waals surface area contributed by atoms with Gasteiger partial charge in [-0.05, 0) is 75.6 Å². The van der Waals surface area contributed by atoms with Crippen molar-refractivity contribution in [2.75, 3.05) is 26.3 Å². The van der Waals surface area contributed by atoms with Crippen molar-refractivity contribution < 1.29 is 29.4 Å². The third-order valence-corrected chi connectivity index (χ3v) is 14.7. The van der Waals surface area contributed by atoms with Crippen LogP contribution in [0, 0.1) is 35.5 Å². The Morgan fingerprint density at radius 3 is 1.31 bits per heavy atom. The molecule has 336 valence electrons. The van der Waals surface area contributed by atoms with Crippen molar-refractivity contribution in [1.29, 1.82) is 0 Å². The van der Waals surface area contributed by atoms with E-state index in [-0.39, 0.29) is 71.9 Å². The van der Waals surface area contributed by atoms with Crippen LogP contribution in [0.5, 0.6) is 0 Å². The molecule has 2 saturated heterocycles. The molecule has 0 bridgehead atoms. The molecule has 6 heterocycles. The number of nitrogens with one attached hydrogen (secondary N) is 2. The van der Waals surface area contributed by atoms with Gasteiger partial charge in [0.25, 0.3) is 11.1 Å². The van der Waals surface area contributed by atoms with E-state index >= 15 is 0 Å². The molecule has 4 fully saturated rings. The lowest BCUT2D eigenvalue weighted by molar-refractivity contribution is -0.140. The summed E-state index contributed by atoms with van der Waals surface area (Å²) in [6, 6.07) is 5.17. The van der Waals surface area contributed by atoms with E-state index in [0.29, 0.717) is 49.1 Å². The highest BCUT2D eigenvalue weighted by atomic mass is 16.3. The largest absolute Gasteiger partial charge is 0.396 e. The molecule has 0 aromatic carbocycles. The second-order valence-electron chi connectivity index (χ2n) is 18.4. The third kappa shape index (κ3) is 8.61. The first-order valence-corrected chi connectivity index (χ1v) is 23.0. The van der Waals surface area contributed by atoms with Crippen molar-refractivity contribution in [3.8, 4) is 0 Å². The van der Waals surface area contributed by atoms with Crippen LogP contribution >= 0.6 is 0 Å². The fourth-order valence-corrected chi connectivity index (χ4v) is 11.8. The number of amides is 4. The minimum absolute atomic E-state index is 0.0940. The number of allylic oxidation sites excluding steroid dienone is 2. The molecule has 6 aliphatic rings. The molecule has 8 rings (SSSR count). The number of carbonyl (C=O) groups excluding carboxylic acids is 4. The summed E-state index contributed by atoms with van der Waals surface area (Å²) in [6.07, 6.45) is 19.0. The summed E-state index contributed by atoms with van der Waals surface area (Å²) in [7, 11) is 0. The van der Waals surface area contributed by atoms with Gasteiger partial charge in [-0.2, -0.15) is 0 Å². The highest BCUT2D eigenvalue weighted by Gasteiger charge is 2.58. The lowest BCUT2D eigenvalue weighted by Gasteiger charge is -2.31. The lowest BCUT2D eigenvalue weighted by atomic mass is 9.87. The van der Waals surface area contributed by atoms with Crippen molar-refractivity contribution in [3.63, 3.8) is 0 Å². The summed E-state index contributed by atoms with van der Waals surface area (Å²) in [4.78, 5) is 80.9. The van der Waals surface area contributed by atoms with Crippen LogP contribution in [0.4, 0.5) is 0 Å². The van der Waals surface area contributed by atoms with E-state index in [1.807, 2.05) is 38.1 Å². The molecule has 8 atom stereocenters. The van der Waals surface area contributed by atoms with Gasteiger partial charge in [0.2, 0.25) is 23.6 Å². The molecule has 0 unspecified atom stereocenters. The molecule has 62 heavy (non-hydrogen) atoms. The first-order valence-electron chi connectivity index (χ1n) is 23.0. The zero-order valence-corrected chi connectivity index (χ0v) is 36.8. The molecular weight excluding hydrogens is 789 g/mol. The summed E-state index contributed by atoms with van der Waals surface area (Å²) in [6.45, 7) is 8.32. The Morgan fingerprint density at radius 2 is 0.984 bits per heavy atom. The van der Waals surface area contributed by atoms with Gasteiger partial charge in [0.1, 0.15) is 12.1 Å². The number of hydrogen-bond acceptors (Lipinski definition) is 8. The Morgan fingerprint density at radius 1 is 0.613 bits per heavy atom. The number of aliphatic hydroxyl groups excluding tert-OH is 2. The van der Waals surface area contributed by atoms with Gasteiger partial charge >= 0.3 is 0 Å². The summed E-state index contributed by atoms with van der Waals surface area (Å²) in [5, 5.41) is 26.6. The molecule has 14 nitrogen and oxygen atoms in total. The van der Waals surface area contributed by atoms with Gasteiger partial charge < -0.3 is 39.8 Å². The SMILES string of the molecule is C/C=C/c1ccc2n(c1=O)C[C@H]1[C@H](CO)[C@@H](C(=O)NCC3CCCCC3)N(C(C)=O)[C@@H]21.C/C=C\c1ccc2n(c1=O)C[C@H]1[C@H](CO)[C@@H](C(=O)NCC3CCCCC3)N(C(C)=O)[C@@H]21. The van der Waals surface area contributed by atoms with Crippen LogP contribution in [0.25, 0.3) is 12.2 Å². The minimum atomic E-state index is -0.708. The zero-order valence-electron chi connectivity index (χ0n) is 36.8. The van der Waals surface area contributed by atoms with Gasteiger partial charge in [0, 0.05) is 99.4 Å². The maximum absolute atomic E-state index is 13.2. The fraction of sp³-hybridized carbons (Fsp3) is 0.625. The normalized spacial score (nSPS) is 28.0. The van der Waals surface area contributed by atoms with E-state index < -0.39 is 23.9 Å². The first-order chi connectivity index (χ1) is 29.9. The van der Waals surface area contributed by atoms with Crippen LogP contribution in [-0.2, 0) is 32.3 Å². The molecule has 4 aliphatic heterocycles. The standard InChI is InChI=1S/2C24H33N3O4/c2*1-3-7-17-10-11-20-21-18(13-26(20)24(17)31)19(14-28)22(27(21)15(2)29)23(30)25-12-16-8-5-4-6-9-16/h2*3,7,10-11,16,18-19,21-22,28H,4-6,8-9,12-14H2,1-2H3,(H,25,30)/b7-3+;7-3-/t2*18-,19-,21+,22-/m00/s1. The molecule has 14 heteroatoms. The van der Waals surface area contributed by atoms with Gasteiger partial charge in [-0.15, -0.1) is 0 Å².